The Morgan fingerprint density at radius 3 is 2.19 bits per heavy atom. The Hall–Kier alpha value is -4.63. The van der Waals surface area contributed by atoms with Crippen LogP contribution in [0, 0.1) is 20.8 Å². The van der Waals surface area contributed by atoms with Crippen LogP contribution < -0.4 is 24.9 Å². The van der Waals surface area contributed by atoms with Crippen LogP contribution in [0.1, 0.15) is 71.2 Å². The van der Waals surface area contributed by atoms with Crippen molar-refractivity contribution in [2.45, 2.75) is 56.5 Å². The first-order valence-corrected chi connectivity index (χ1v) is 21.6. The molecular weight excluding hydrogens is 891 g/mol. The van der Waals surface area contributed by atoms with Gasteiger partial charge >= 0.3 is 0 Å². The summed E-state index contributed by atoms with van der Waals surface area (Å²) in [7, 11) is 0. The molecule has 9 rings (SSSR count). The zero-order valence-electron chi connectivity index (χ0n) is 31.6. The molecule has 298 valence electrons. The number of hydrogen-bond acceptors (Lipinski definition) is 10. The van der Waals surface area contributed by atoms with Gasteiger partial charge in [0.2, 0.25) is 11.8 Å². The van der Waals surface area contributed by atoms with Crippen LogP contribution in [0.3, 0.4) is 0 Å². The molecule has 0 aromatic heterocycles. The topological polar surface area (TPSA) is 141 Å². The minimum Gasteiger partial charge on any atom is -0.371 e. The molecule has 3 aromatic carbocycles. The average Bonchev–Trinajstić information content (AvgIpc) is 3.59. The Morgan fingerprint density at radius 1 is 0.828 bits per heavy atom. The Bertz CT molecular complexity index is 2330. The lowest BCUT2D eigenvalue weighted by Crippen LogP contribution is -2.55. The highest BCUT2D eigenvalue weighted by Crippen LogP contribution is 2.49. The molecule has 1 unspecified atom stereocenters. The molecule has 58 heavy (non-hydrogen) atoms. The summed E-state index contributed by atoms with van der Waals surface area (Å²) in [4.78, 5) is 76.4. The van der Waals surface area contributed by atoms with E-state index in [1.165, 1.54) is 5.69 Å². The minimum atomic E-state index is -0.976. The predicted molar refractivity (Wildman–Crippen MR) is 231 cm³/mol. The highest BCUT2D eigenvalue weighted by molar-refractivity contribution is 14.1. The van der Waals surface area contributed by atoms with Gasteiger partial charge in [-0.05, 0) is 134 Å². The van der Waals surface area contributed by atoms with Crippen molar-refractivity contribution in [3.05, 3.63) is 79.9 Å². The van der Waals surface area contributed by atoms with E-state index >= 15 is 0 Å². The molecule has 4 saturated heterocycles. The molecule has 6 aliphatic rings. The minimum absolute atomic E-state index is 0.0513. The van der Waals surface area contributed by atoms with Gasteiger partial charge in [-0.3, -0.25) is 44.0 Å². The second-order valence-corrected chi connectivity index (χ2v) is 17.9. The van der Waals surface area contributed by atoms with Crippen molar-refractivity contribution < 1.29 is 24.0 Å². The number of benzene rings is 3. The van der Waals surface area contributed by atoms with Gasteiger partial charge < -0.3 is 14.7 Å². The monoisotopic (exact) mass is 930 g/mol. The Morgan fingerprint density at radius 2 is 1.53 bits per heavy atom. The molecule has 1 aliphatic carbocycles. The molecule has 5 aliphatic heterocycles. The molecule has 0 radical (unpaired) electrons. The number of nitrogens with zero attached hydrogens (tertiary/aromatic N) is 7. The van der Waals surface area contributed by atoms with Crippen molar-refractivity contribution in [1.29, 1.82) is 5.26 Å². The van der Waals surface area contributed by atoms with Crippen LogP contribution in [0.15, 0.2) is 54.6 Å². The van der Waals surface area contributed by atoms with Crippen molar-refractivity contribution in [3.63, 3.8) is 0 Å². The number of fused-ring (bicyclic) bond motifs is 1. The van der Waals surface area contributed by atoms with E-state index in [2.05, 4.69) is 66.9 Å². The van der Waals surface area contributed by atoms with Crippen molar-refractivity contribution in [2.24, 2.45) is 5.92 Å². The lowest BCUT2D eigenvalue weighted by molar-refractivity contribution is -0.136. The number of carbonyl (C=O) groups excluding carboxylic acids is 5. The number of thiocarbonyl (C=S) groups is 1. The maximum atomic E-state index is 14.0. The van der Waals surface area contributed by atoms with Gasteiger partial charge in [0, 0.05) is 67.2 Å². The number of piperazine rings is 1. The molecule has 1 N–H and O–H groups in total. The van der Waals surface area contributed by atoms with Gasteiger partial charge in [0.25, 0.3) is 17.7 Å². The first-order valence-electron chi connectivity index (χ1n) is 19.7. The molecule has 16 heteroatoms. The highest BCUT2D eigenvalue weighted by Gasteiger charge is 2.59. The second kappa shape index (κ2) is 15.2. The Labute approximate surface area is 360 Å². The highest BCUT2D eigenvalue weighted by atomic mass is 127. The molecule has 1 spiro atoms. The number of amides is 5. The molecule has 1 saturated carbocycles. The molecular formula is C42H40ClIN8O5S. The number of rotatable bonds is 7. The van der Waals surface area contributed by atoms with Crippen molar-refractivity contribution in [2.75, 3.05) is 65.4 Å². The van der Waals surface area contributed by atoms with Crippen LogP contribution in [0.25, 0.3) is 0 Å². The molecule has 13 nitrogen and oxygen atoms in total. The summed E-state index contributed by atoms with van der Waals surface area (Å²) in [6.45, 7) is 6.32. The van der Waals surface area contributed by atoms with E-state index in [9.17, 15) is 29.2 Å². The Balaban J connectivity index is 0.794. The smallest absolute Gasteiger partial charge is 0.262 e. The summed E-state index contributed by atoms with van der Waals surface area (Å²) in [6.07, 6.45) is 4.77. The van der Waals surface area contributed by atoms with E-state index < -0.39 is 35.2 Å². The van der Waals surface area contributed by atoms with Gasteiger partial charge in [0.1, 0.15) is 17.6 Å². The van der Waals surface area contributed by atoms with Gasteiger partial charge in [0.05, 0.1) is 33.1 Å². The summed E-state index contributed by atoms with van der Waals surface area (Å²) in [5.74, 6) is -1.45. The van der Waals surface area contributed by atoms with E-state index in [1.54, 1.807) is 35.2 Å². The summed E-state index contributed by atoms with van der Waals surface area (Å²) in [6, 6.07) is 17.8. The van der Waals surface area contributed by atoms with Crippen molar-refractivity contribution >= 4 is 104 Å². The van der Waals surface area contributed by atoms with Gasteiger partial charge in [-0.25, -0.2) is 0 Å². The zero-order valence-corrected chi connectivity index (χ0v) is 35.3. The maximum Gasteiger partial charge on any atom is 0.262 e. The first-order chi connectivity index (χ1) is 28.0. The molecule has 1 atom stereocenters. The van der Waals surface area contributed by atoms with Crippen LogP contribution in [0.2, 0.25) is 5.02 Å². The van der Waals surface area contributed by atoms with Gasteiger partial charge in [-0.1, -0.05) is 11.6 Å². The van der Waals surface area contributed by atoms with E-state index in [0.29, 0.717) is 33.4 Å². The summed E-state index contributed by atoms with van der Waals surface area (Å²) >= 11 is 14.7. The summed E-state index contributed by atoms with van der Waals surface area (Å²) in [5.41, 5.74) is 3.77. The largest absolute Gasteiger partial charge is 0.371 e. The third-order valence-corrected chi connectivity index (χ3v) is 14.3. The van der Waals surface area contributed by atoms with Crippen LogP contribution in [-0.4, -0.2) is 102 Å². The summed E-state index contributed by atoms with van der Waals surface area (Å²) < 4.78 is 1.11. The SMILES string of the molecule is N#Cc1ccc(N2C(=O)C3(CCC3)N(c3ccc(N4CCC(CN5CCN(c6ccc7c(c6)C(=O)N(C6CCC(=O)NC6=O)C7=O)CC5)CC4)c(I)c3)C2=S)cc1Cl. The molecule has 0 bridgehead atoms. The second-order valence-electron chi connectivity index (χ2n) is 16.0. The van der Waals surface area contributed by atoms with E-state index in [1.807, 2.05) is 11.0 Å². The molecule has 5 amide bonds. The number of piperidine rings is 2. The third kappa shape index (κ3) is 6.52. The normalized spacial score (nSPS) is 22.5. The van der Waals surface area contributed by atoms with Crippen LogP contribution in [-0.2, 0) is 14.4 Å². The van der Waals surface area contributed by atoms with E-state index in [-0.39, 0.29) is 23.8 Å². The number of halogens is 2. The number of nitriles is 1. The fourth-order valence-corrected chi connectivity index (χ4v) is 10.9. The Kier molecular flexibility index (Phi) is 10.2. The van der Waals surface area contributed by atoms with Gasteiger partial charge in [-0.15, -0.1) is 0 Å². The number of carbonyl (C=O) groups is 5. The lowest BCUT2D eigenvalue weighted by atomic mass is 9.75. The fourth-order valence-electron chi connectivity index (χ4n) is 9.40. The van der Waals surface area contributed by atoms with Gasteiger partial charge in [-0.2, -0.15) is 5.26 Å². The molecule has 5 heterocycles. The number of hydrogen-bond donors (Lipinski definition) is 1. The quantitative estimate of drug-likeness (QED) is 0.187. The van der Waals surface area contributed by atoms with E-state index in [0.717, 1.165) is 97.8 Å². The lowest BCUT2D eigenvalue weighted by Gasteiger charge is -2.43. The number of anilines is 4. The standard InChI is InChI=1S/C42H40ClIN8O5S/c43-32-21-28(3-2-26(32)23-45)50-40(57)42(12-1-13-42)52(41(50)58)29-5-7-34(33(44)22-29)49-14-10-25(11-15-49)24-47-16-18-48(19-17-47)27-4-6-30-31(20-27)39(56)51(38(30)55)35-8-9-36(53)46-37(35)54/h2-7,20-22,25,35H,1,8-19,24H2,(H,46,53,54). The number of nitrogens with one attached hydrogen (secondary N) is 1. The maximum absolute atomic E-state index is 14.0. The summed E-state index contributed by atoms with van der Waals surface area (Å²) in [5, 5.41) is 12.3. The van der Waals surface area contributed by atoms with Gasteiger partial charge in [0.15, 0.2) is 5.11 Å². The fraction of sp³-hybridized carbons (Fsp3) is 0.405. The average molecular weight is 931 g/mol. The first kappa shape index (κ1) is 38.9. The number of imide groups is 2. The van der Waals surface area contributed by atoms with Crippen LogP contribution in [0.5, 0.6) is 0 Å². The third-order valence-electron chi connectivity index (χ3n) is 12.7. The van der Waals surface area contributed by atoms with Crippen LogP contribution >= 0.6 is 46.4 Å². The van der Waals surface area contributed by atoms with Crippen LogP contribution in [0.4, 0.5) is 22.7 Å². The van der Waals surface area contributed by atoms with Crippen molar-refractivity contribution in [3.8, 4) is 6.07 Å². The predicted octanol–water partition coefficient (Wildman–Crippen LogP) is 5.32. The molecule has 3 aromatic rings. The molecule has 5 fully saturated rings. The van der Waals surface area contributed by atoms with E-state index in [4.69, 9.17) is 23.8 Å². The van der Waals surface area contributed by atoms with Crippen molar-refractivity contribution in [1.82, 2.24) is 15.1 Å². The zero-order chi connectivity index (χ0) is 40.5.